The van der Waals surface area contributed by atoms with Crippen molar-refractivity contribution in [1.82, 2.24) is 21.3 Å². The van der Waals surface area contributed by atoms with Crippen LogP contribution in [0.15, 0.2) is 42.5 Å². The molecule has 48 heavy (non-hydrogen) atoms. The van der Waals surface area contributed by atoms with E-state index >= 15 is 0 Å². The van der Waals surface area contributed by atoms with Gasteiger partial charge in [-0.1, -0.05) is 24.3 Å². The highest BCUT2D eigenvalue weighted by Gasteiger charge is 2.41. The Morgan fingerprint density at radius 2 is 1.19 bits per heavy atom. The lowest BCUT2D eigenvalue weighted by Gasteiger charge is -2.34. The van der Waals surface area contributed by atoms with Gasteiger partial charge in [-0.3, -0.25) is 28.8 Å². The van der Waals surface area contributed by atoms with Crippen LogP contribution in [0.5, 0.6) is 0 Å². The predicted octanol–water partition coefficient (Wildman–Crippen LogP) is -0.0803. The van der Waals surface area contributed by atoms with Gasteiger partial charge in [0.25, 0.3) is 0 Å². The fourth-order valence-electron chi connectivity index (χ4n) is 4.57. The first-order valence-corrected chi connectivity index (χ1v) is 14.8. The fraction of sp³-hybridized carbons (Fsp3) is 0.394. The molecule has 1 aliphatic carbocycles. The summed E-state index contributed by atoms with van der Waals surface area (Å²) in [4.78, 5) is 102. The fourth-order valence-corrected chi connectivity index (χ4v) is 4.57. The minimum absolute atomic E-state index is 0.0199. The Hall–Kier alpha value is -5.44. The standard InChI is InChI=1S/C33H39N5O10/c1-31(2,37-30(46)33(5,6)38-29(45)32(3,4)36-23(39)15-34)28(44)35-22(27(43)47-7)16-48-26(42)17-12-13-20-21(14-17)25(41)19-11-9-8-10-18(19)24(20)40/h8-14,22H,15-16,34H2,1-7H3,(H,35,44)(H,36,39)(H,37,46)(H,38,45)/t22-/m0/s1. The molecule has 2 aromatic rings. The summed E-state index contributed by atoms with van der Waals surface area (Å²) in [5.74, 6) is -5.64. The van der Waals surface area contributed by atoms with Crippen LogP contribution in [0.1, 0.15) is 83.7 Å². The van der Waals surface area contributed by atoms with Crippen molar-refractivity contribution in [3.63, 3.8) is 0 Å². The van der Waals surface area contributed by atoms with Gasteiger partial charge >= 0.3 is 11.9 Å². The molecule has 256 valence electrons. The molecule has 4 amide bonds. The van der Waals surface area contributed by atoms with Crippen molar-refractivity contribution in [2.24, 2.45) is 5.73 Å². The van der Waals surface area contributed by atoms with Crippen molar-refractivity contribution < 1.29 is 47.8 Å². The number of ketones is 2. The van der Waals surface area contributed by atoms with Crippen LogP contribution < -0.4 is 27.0 Å². The Bertz CT molecular complexity index is 1700. The van der Waals surface area contributed by atoms with Crippen LogP contribution in [0, 0.1) is 0 Å². The number of amides is 4. The lowest BCUT2D eigenvalue weighted by molar-refractivity contribution is -0.147. The van der Waals surface area contributed by atoms with E-state index in [0.29, 0.717) is 0 Å². The number of rotatable bonds is 12. The number of hydrogen-bond acceptors (Lipinski definition) is 11. The third-order valence-electron chi connectivity index (χ3n) is 7.53. The molecule has 0 radical (unpaired) electrons. The summed E-state index contributed by atoms with van der Waals surface area (Å²) in [6.45, 7) is 7.27. The average Bonchev–Trinajstić information content (AvgIpc) is 3.03. The average molecular weight is 666 g/mol. The van der Waals surface area contributed by atoms with Crippen molar-refractivity contribution >= 4 is 47.1 Å². The maximum atomic E-state index is 13.2. The zero-order valence-corrected chi connectivity index (χ0v) is 27.7. The number of ether oxygens (including phenoxy) is 2. The number of benzene rings is 2. The number of nitrogens with two attached hydrogens (primary N) is 1. The first-order valence-electron chi connectivity index (χ1n) is 14.8. The molecule has 1 aliphatic rings. The van der Waals surface area contributed by atoms with E-state index in [-0.39, 0.29) is 40.1 Å². The second-order valence-electron chi connectivity index (χ2n) is 12.6. The minimum Gasteiger partial charge on any atom is -0.467 e. The SMILES string of the molecule is COC(=O)[C@H](COC(=O)c1ccc2c(c1)C(=O)c1ccccc1C2=O)NC(=O)C(C)(C)NC(=O)C(C)(C)NC(=O)C(C)(C)NC(=O)CN. The third kappa shape index (κ3) is 8.09. The first kappa shape index (κ1) is 37.0. The Morgan fingerprint density at radius 1 is 0.708 bits per heavy atom. The van der Waals surface area contributed by atoms with E-state index in [1.165, 1.54) is 65.8 Å². The van der Waals surface area contributed by atoms with Gasteiger partial charge < -0.3 is 36.5 Å². The molecular weight excluding hydrogens is 626 g/mol. The number of nitrogens with one attached hydrogen (secondary N) is 4. The van der Waals surface area contributed by atoms with E-state index < -0.39 is 70.6 Å². The molecule has 0 heterocycles. The van der Waals surface area contributed by atoms with Gasteiger partial charge in [-0.25, -0.2) is 9.59 Å². The van der Waals surface area contributed by atoms with Crippen molar-refractivity contribution in [2.45, 2.75) is 64.2 Å². The normalized spacial score (nSPS) is 13.2. The van der Waals surface area contributed by atoms with Crippen LogP contribution in [0.2, 0.25) is 0 Å². The van der Waals surface area contributed by atoms with Crippen LogP contribution in [0.4, 0.5) is 0 Å². The summed E-state index contributed by atoms with van der Waals surface area (Å²) >= 11 is 0. The predicted molar refractivity (Wildman–Crippen MR) is 170 cm³/mol. The molecule has 0 bridgehead atoms. The van der Waals surface area contributed by atoms with E-state index in [2.05, 4.69) is 21.3 Å². The van der Waals surface area contributed by atoms with Crippen molar-refractivity contribution in [3.8, 4) is 0 Å². The van der Waals surface area contributed by atoms with Crippen molar-refractivity contribution in [2.75, 3.05) is 20.3 Å². The molecule has 0 spiro atoms. The van der Waals surface area contributed by atoms with E-state index in [4.69, 9.17) is 15.2 Å². The van der Waals surface area contributed by atoms with Crippen LogP contribution in [-0.2, 0) is 33.4 Å². The molecule has 0 aromatic heterocycles. The zero-order chi connectivity index (χ0) is 36.2. The van der Waals surface area contributed by atoms with Gasteiger partial charge in [0.15, 0.2) is 17.6 Å². The van der Waals surface area contributed by atoms with Crippen molar-refractivity contribution in [3.05, 3.63) is 70.3 Å². The summed E-state index contributed by atoms with van der Waals surface area (Å²) in [7, 11) is 1.06. The van der Waals surface area contributed by atoms with Gasteiger partial charge in [0, 0.05) is 22.3 Å². The van der Waals surface area contributed by atoms with E-state index in [1.54, 1.807) is 18.2 Å². The van der Waals surface area contributed by atoms with Gasteiger partial charge in [0.1, 0.15) is 23.2 Å². The van der Waals surface area contributed by atoms with Gasteiger partial charge in [-0.05, 0) is 59.7 Å². The minimum atomic E-state index is -1.67. The monoisotopic (exact) mass is 665 g/mol. The number of hydrogen-bond donors (Lipinski definition) is 5. The Labute approximate surface area is 276 Å². The van der Waals surface area contributed by atoms with E-state index in [9.17, 15) is 38.4 Å². The molecule has 0 unspecified atom stereocenters. The third-order valence-corrected chi connectivity index (χ3v) is 7.53. The maximum absolute atomic E-state index is 13.2. The molecule has 2 aromatic carbocycles. The first-order chi connectivity index (χ1) is 22.3. The molecule has 15 heteroatoms. The molecular formula is C33H39N5O10. The summed E-state index contributed by atoms with van der Waals surface area (Å²) < 4.78 is 10.0. The summed E-state index contributed by atoms with van der Waals surface area (Å²) in [6, 6.07) is 8.69. The van der Waals surface area contributed by atoms with E-state index in [1.807, 2.05) is 0 Å². The summed E-state index contributed by atoms with van der Waals surface area (Å²) in [5.41, 5.74) is 1.18. The van der Waals surface area contributed by atoms with Crippen LogP contribution >= 0.6 is 0 Å². The van der Waals surface area contributed by atoms with Crippen LogP contribution in [0.25, 0.3) is 0 Å². The molecule has 3 rings (SSSR count). The van der Waals surface area contributed by atoms with Gasteiger partial charge in [0.2, 0.25) is 23.6 Å². The molecule has 0 saturated heterocycles. The highest BCUT2D eigenvalue weighted by atomic mass is 16.5. The second-order valence-corrected chi connectivity index (χ2v) is 12.6. The topological polar surface area (TPSA) is 229 Å². The maximum Gasteiger partial charge on any atom is 0.338 e. The molecule has 1 atom stereocenters. The number of carbonyl (C=O) groups is 8. The van der Waals surface area contributed by atoms with Crippen LogP contribution in [-0.4, -0.2) is 90.1 Å². The second kappa shape index (κ2) is 14.1. The zero-order valence-electron chi connectivity index (χ0n) is 27.7. The number of fused-ring (bicyclic) bond motifs is 2. The summed E-state index contributed by atoms with van der Waals surface area (Å²) in [6.07, 6.45) is 0. The molecule has 0 saturated carbocycles. The number of carbonyl (C=O) groups excluding carboxylic acids is 8. The van der Waals surface area contributed by atoms with Gasteiger partial charge in [-0.2, -0.15) is 0 Å². The Balaban J connectivity index is 1.68. The lowest BCUT2D eigenvalue weighted by Crippen LogP contribution is -2.66. The van der Waals surface area contributed by atoms with Gasteiger partial charge in [0.05, 0.1) is 19.2 Å². The Kier molecular flexibility index (Phi) is 10.9. The van der Waals surface area contributed by atoms with E-state index in [0.717, 1.165) is 7.11 Å². The lowest BCUT2D eigenvalue weighted by atomic mass is 9.83. The highest BCUT2D eigenvalue weighted by Crippen LogP contribution is 2.28. The molecule has 6 N–H and O–H groups in total. The Morgan fingerprint density at radius 3 is 1.71 bits per heavy atom. The number of esters is 2. The summed E-state index contributed by atoms with van der Waals surface area (Å²) in [5, 5.41) is 9.86. The smallest absolute Gasteiger partial charge is 0.338 e. The van der Waals surface area contributed by atoms with Crippen molar-refractivity contribution in [1.29, 1.82) is 0 Å². The quantitative estimate of drug-likeness (QED) is 0.161. The highest BCUT2D eigenvalue weighted by molar-refractivity contribution is 6.28. The largest absolute Gasteiger partial charge is 0.467 e. The molecule has 0 aliphatic heterocycles. The number of methoxy groups -OCH3 is 1. The van der Waals surface area contributed by atoms with Crippen LogP contribution in [0.3, 0.4) is 0 Å². The van der Waals surface area contributed by atoms with Gasteiger partial charge in [-0.15, -0.1) is 0 Å². The molecule has 0 fully saturated rings. The molecule has 15 nitrogen and oxygen atoms in total.